The van der Waals surface area contributed by atoms with Gasteiger partial charge in [-0.3, -0.25) is 4.79 Å². The summed E-state index contributed by atoms with van der Waals surface area (Å²) < 4.78 is 1.90. The van der Waals surface area contributed by atoms with Crippen molar-refractivity contribution < 1.29 is 4.79 Å². The SMILES string of the molecule is O=C(c1cc2c(s1)CCCCC2)c1cc(Br)sc1Br. The van der Waals surface area contributed by atoms with Crippen LogP contribution in [-0.2, 0) is 12.8 Å². The minimum Gasteiger partial charge on any atom is -0.288 e. The number of ketones is 1. The van der Waals surface area contributed by atoms with Gasteiger partial charge >= 0.3 is 0 Å². The van der Waals surface area contributed by atoms with Gasteiger partial charge in [0, 0.05) is 10.4 Å². The fraction of sp³-hybridized carbons (Fsp3) is 0.357. The van der Waals surface area contributed by atoms with Crippen LogP contribution in [0.4, 0.5) is 0 Å². The fourth-order valence-corrected chi connectivity index (χ4v) is 6.41. The molecule has 19 heavy (non-hydrogen) atoms. The number of halogens is 2. The standard InChI is InChI=1S/C14H12Br2OS2/c15-12-7-9(14(16)19-12)13(17)11-6-8-4-2-1-3-5-10(8)18-11/h6-7H,1-5H2. The molecule has 0 fully saturated rings. The van der Waals surface area contributed by atoms with Crippen LogP contribution in [0, 0.1) is 0 Å². The Morgan fingerprint density at radius 2 is 1.84 bits per heavy atom. The van der Waals surface area contributed by atoms with Crippen LogP contribution >= 0.6 is 54.5 Å². The molecule has 0 unspecified atom stereocenters. The number of hydrogen-bond acceptors (Lipinski definition) is 3. The van der Waals surface area contributed by atoms with E-state index in [1.54, 1.807) is 22.7 Å². The quantitative estimate of drug-likeness (QED) is 0.441. The van der Waals surface area contributed by atoms with Crippen LogP contribution < -0.4 is 0 Å². The average Bonchev–Trinajstić information content (AvgIpc) is 2.85. The summed E-state index contributed by atoms with van der Waals surface area (Å²) in [6.45, 7) is 0. The molecule has 0 atom stereocenters. The Morgan fingerprint density at radius 1 is 1.05 bits per heavy atom. The Bertz CT molecular complexity index is 604. The van der Waals surface area contributed by atoms with E-state index in [0.29, 0.717) is 0 Å². The smallest absolute Gasteiger partial charge is 0.204 e. The van der Waals surface area contributed by atoms with Crippen molar-refractivity contribution in [3.05, 3.63) is 40.6 Å². The van der Waals surface area contributed by atoms with E-state index in [1.807, 2.05) is 6.07 Å². The van der Waals surface area contributed by atoms with Crippen LogP contribution in [0.1, 0.15) is 44.9 Å². The minimum atomic E-state index is 0.145. The molecule has 1 nitrogen and oxygen atoms in total. The van der Waals surface area contributed by atoms with Gasteiger partial charge in [0.1, 0.15) is 0 Å². The molecule has 0 aliphatic heterocycles. The normalized spacial score (nSPS) is 15.1. The Morgan fingerprint density at radius 3 is 2.58 bits per heavy atom. The van der Waals surface area contributed by atoms with Crippen molar-refractivity contribution in [1.82, 2.24) is 0 Å². The lowest BCUT2D eigenvalue weighted by Gasteiger charge is -1.95. The van der Waals surface area contributed by atoms with Gasteiger partial charge in [-0.2, -0.15) is 0 Å². The lowest BCUT2D eigenvalue weighted by molar-refractivity contribution is 0.104. The van der Waals surface area contributed by atoms with Gasteiger partial charge in [-0.05, 0) is 75.2 Å². The van der Waals surface area contributed by atoms with E-state index in [9.17, 15) is 4.79 Å². The van der Waals surface area contributed by atoms with E-state index in [0.717, 1.165) is 30.9 Å². The van der Waals surface area contributed by atoms with Crippen molar-refractivity contribution in [2.24, 2.45) is 0 Å². The van der Waals surface area contributed by atoms with Crippen LogP contribution in [0.3, 0.4) is 0 Å². The molecule has 0 amide bonds. The third-order valence-electron chi connectivity index (χ3n) is 3.37. The molecule has 0 bridgehead atoms. The van der Waals surface area contributed by atoms with Gasteiger partial charge < -0.3 is 0 Å². The molecule has 2 aromatic rings. The summed E-state index contributed by atoms with van der Waals surface area (Å²) in [4.78, 5) is 14.9. The molecule has 5 heteroatoms. The topological polar surface area (TPSA) is 17.1 Å². The first-order valence-corrected chi connectivity index (χ1v) is 9.48. The second-order valence-corrected chi connectivity index (χ2v) is 9.57. The summed E-state index contributed by atoms with van der Waals surface area (Å²) >= 11 is 10.1. The Kier molecular flexibility index (Phi) is 4.27. The summed E-state index contributed by atoms with van der Waals surface area (Å²) in [5.41, 5.74) is 2.17. The van der Waals surface area contributed by atoms with E-state index >= 15 is 0 Å². The van der Waals surface area contributed by atoms with E-state index < -0.39 is 0 Å². The second kappa shape index (κ2) is 5.80. The van der Waals surface area contributed by atoms with Gasteiger partial charge in [0.05, 0.1) is 12.4 Å². The van der Waals surface area contributed by atoms with Gasteiger partial charge in [0.15, 0.2) is 0 Å². The highest BCUT2D eigenvalue weighted by Gasteiger charge is 2.20. The number of aryl methyl sites for hydroxylation is 2. The second-order valence-electron chi connectivity index (χ2n) is 4.69. The summed E-state index contributed by atoms with van der Waals surface area (Å²) in [7, 11) is 0. The van der Waals surface area contributed by atoms with Gasteiger partial charge in [-0.1, -0.05) is 6.42 Å². The fourth-order valence-electron chi connectivity index (χ4n) is 2.41. The van der Waals surface area contributed by atoms with Crippen molar-refractivity contribution >= 4 is 60.3 Å². The van der Waals surface area contributed by atoms with E-state index in [-0.39, 0.29) is 5.78 Å². The van der Waals surface area contributed by atoms with Crippen molar-refractivity contribution in [1.29, 1.82) is 0 Å². The molecule has 0 aromatic carbocycles. The summed E-state index contributed by atoms with van der Waals surface area (Å²) in [6.07, 6.45) is 6.10. The summed E-state index contributed by atoms with van der Waals surface area (Å²) in [5, 5.41) is 0. The summed E-state index contributed by atoms with van der Waals surface area (Å²) in [5.74, 6) is 0.145. The first-order valence-electron chi connectivity index (χ1n) is 6.26. The zero-order valence-corrected chi connectivity index (χ0v) is 15.0. The molecule has 0 N–H and O–H groups in total. The highest BCUT2D eigenvalue weighted by molar-refractivity contribution is 9.12. The highest BCUT2D eigenvalue weighted by atomic mass is 79.9. The Hall–Kier alpha value is 0.0300. The number of fused-ring (bicyclic) bond motifs is 1. The molecule has 0 radical (unpaired) electrons. The van der Waals surface area contributed by atoms with Crippen LogP contribution in [0.5, 0.6) is 0 Å². The predicted molar refractivity (Wildman–Crippen MR) is 88.7 cm³/mol. The number of carbonyl (C=O) groups excluding carboxylic acids is 1. The van der Waals surface area contributed by atoms with Gasteiger partial charge in [0.25, 0.3) is 0 Å². The van der Waals surface area contributed by atoms with Crippen molar-refractivity contribution in [2.45, 2.75) is 32.1 Å². The number of rotatable bonds is 2. The third kappa shape index (κ3) is 2.89. The van der Waals surface area contributed by atoms with Gasteiger partial charge in [0.2, 0.25) is 5.78 Å². The van der Waals surface area contributed by atoms with E-state index in [4.69, 9.17) is 0 Å². The zero-order chi connectivity index (χ0) is 13.4. The molecule has 100 valence electrons. The highest BCUT2D eigenvalue weighted by Crippen LogP contribution is 2.36. The first-order chi connectivity index (χ1) is 9.15. The number of thiophene rings is 2. The van der Waals surface area contributed by atoms with Crippen LogP contribution in [0.15, 0.2) is 19.7 Å². The summed E-state index contributed by atoms with van der Waals surface area (Å²) in [6, 6.07) is 4.02. The molecule has 0 spiro atoms. The van der Waals surface area contributed by atoms with Crippen LogP contribution in [0.2, 0.25) is 0 Å². The molecule has 2 heterocycles. The zero-order valence-electron chi connectivity index (χ0n) is 10.2. The van der Waals surface area contributed by atoms with Crippen LogP contribution in [0.25, 0.3) is 0 Å². The Balaban J connectivity index is 1.94. The van der Waals surface area contributed by atoms with Crippen molar-refractivity contribution in [3.8, 4) is 0 Å². The predicted octanol–water partition coefficient (Wildman–Crippen LogP) is 5.83. The lowest BCUT2D eigenvalue weighted by Crippen LogP contribution is -1.97. The minimum absolute atomic E-state index is 0.145. The molecular formula is C14H12Br2OS2. The van der Waals surface area contributed by atoms with Crippen molar-refractivity contribution in [2.75, 3.05) is 0 Å². The molecule has 0 saturated heterocycles. The largest absolute Gasteiger partial charge is 0.288 e. The molecule has 2 aromatic heterocycles. The maximum atomic E-state index is 12.6. The van der Waals surface area contributed by atoms with Crippen molar-refractivity contribution in [3.63, 3.8) is 0 Å². The van der Waals surface area contributed by atoms with Gasteiger partial charge in [-0.15, -0.1) is 22.7 Å². The molecular weight excluding hydrogens is 408 g/mol. The number of carbonyl (C=O) groups is 1. The third-order valence-corrected chi connectivity index (χ3v) is 6.95. The molecule has 1 aliphatic rings. The van der Waals surface area contributed by atoms with E-state index in [2.05, 4.69) is 37.9 Å². The average molecular weight is 420 g/mol. The first kappa shape index (κ1) is 14.0. The Labute approximate surface area is 137 Å². The maximum absolute atomic E-state index is 12.6. The number of hydrogen-bond donors (Lipinski definition) is 0. The van der Waals surface area contributed by atoms with Crippen LogP contribution in [-0.4, -0.2) is 5.78 Å². The maximum Gasteiger partial charge on any atom is 0.204 e. The monoisotopic (exact) mass is 418 g/mol. The molecule has 1 aliphatic carbocycles. The molecule has 0 saturated carbocycles. The molecule has 3 rings (SSSR count). The van der Waals surface area contributed by atoms with E-state index in [1.165, 1.54) is 29.7 Å². The van der Waals surface area contributed by atoms with Gasteiger partial charge in [-0.25, -0.2) is 0 Å². The lowest BCUT2D eigenvalue weighted by atomic mass is 10.1.